The zero-order valence-corrected chi connectivity index (χ0v) is 14.7. The smallest absolute Gasteiger partial charge is 0.410 e. The minimum atomic E-state index is -0.423. The highest BCUT2D eigenvalue weighted by Crippen LogP contribution is 2.29. The zero-order valence-electron chi connectivity index (χ0n) is 12.5. The summed E-state index contributed by atoms with van der Waals surface area (Å²) in [6, 6.07) is 0. The van der Waals surface area contributed by atoms with Gasteiger partial charge < -0.3 is 14.4 Å². The van der Waals surface area contributed by atoms with Gasteiger partial charge in [0.25, 0.3) is 0 Å². The Balaban J connectivity index is 2.49. The van der Waals surface area contributed by atoms with Crippen LogP contribution in [0.4, 0.5) is 4.79 Å². The first kappa shape index (κ1) is 17.0. The van der Waals surface area contributed by atoms with Gasteiger partial charge in [-0.15, -0.1) is 0 Å². The third-order valence-electron chi connectivity index (χ3n) is 3.18. The van der Waals surface area contributed by atoms with E-state index in [9.17, 15) is 4.79 Å². The number of piperidine rings is 1. The lowest BCUT2D eigenvalue weighted by molar-refractivity contribution is -0.0671. The largest absolute Gasteiger partial charge is 0.444 e. The van der Waals surface area contributed by atoms with Crippen LogP contribution in [0.1, 0.15) is 47.0 Å². The van der Waals surface area contributed by atoms with Crippen LogP contribution >= 0.6 is 22.6 Å². The number of carbonyl (C=O) groups is 1. The first-order valence-electron chi connectivity index (χ1n) is 7.00. The molecule has 1 aliphatic heterocycles. The molecule has 112 valence electrons. The van der Waals surface area contributed by atoms with E-state index in [1.54, 1.807) is 4.90 Å². The molecule has 0 aromatic carbocycles. The predicted molar refractivity (Wildman–Crippen MR) is 84.9 cm³/mol. The standard InChI is InChI=1S/C14H26INO3/c1-5-10-18-14(11-15)6-8-16(9-7-14)12(17)19-13(2,3)4/h5-11H2,1-4H3. The summed E-state index contributed by atoms with van der Waals surface area (Å²) in [5, 5.41) is 0. The van der Waals surface area contributed by atoms with Gasteiger partial charge in [-0.1, -0.05) is 29.5 Å². The molecule has 4 nitrogen and oxygen atoms in total. The van der Waals surface area contributed by atoms with E-state index in [1.807, 2.05) is 20.8 Å². The molecule has 1 saturated heterocycles. The van der Waals surface area contributed by atoms with Gasteiger partial charge in [-0.3, -0.25) is 0 Å². The third kappa shape index (κ3) is 5.45. The molecule has 0 atom stereocenters. The number of ether oxygens (including phenoxy) is 2. The summed E-state index contributed by atoms with van der Waals surface area (Å²) in [5.41, 5.74) is -0.470. The van der Waals surface area contributed by atoms with Crippen LogP contribution in [0.5, 0.6) is 0 Å². The Morgan fingerprint density at radius 3 is 2.32 bits per heavy atom. The van der Waals surface area contributed by atoms with Gasteiger partial charge in [-0.05, 0) is 40.0 Å². The Hall–Kier alpha value is -0.0400. The Bertz CT molecular complexity index is 294. The van der Waals surface area contributed by atoms with E-state index in [0.29, 0.717) is 0 Å². The fourth-order valence-corrected chi connectivity index (χ4v) is 3.04. The van der Waals surface area contributed by atoms with Crippen molar-refractivity contribution in [3.05, 3.63) is 0 Å². The van der Waals surface area contributed by atoms with E-state index < -0.39 is 5.60 Å². The maximum Gasteiger partial charge on any atom is 0.410 e. The lowest BCUT2D eigenvalue weighted by Crippen LogP contribution is -2.50. The van der Waals surface area contributed by atoms with Crippen LogP contribution in [0.2, 0.25) is 0 Å². The number of amides is 1. The molecule has 19 heavy (non-hydrogen) atoms. The number of likely N-dealkylation sites (tertiary alicyclic amines) is 1. The molecule has 0 aromatic rings. The maximum absolute atomic E-state index is 12.0. The summed E-state index contributed by atoms with van der Waals surface area (Å²) >= 11 is 2.39. The highest BCUT2D eigenvalue weighted by Gasteiger charge is 2.36. The zero-order chi connectivity index (χ0) is 14.5. The number of alkyl halides is 1. The van der Waals surface area contributed by atoms with Gasteiger partial charge in [0.05, 0.1) is 5.60 Å². The van der Waals surface area contributed by atoms with Gasteiger partial charge in [0.15, 0.2) is 0 Å². The molecule has 0 aromatic heterocycles. The number of nitrogens with zero attached hydrogens (tertiary/aromatic N) is 1. The molecule has 0 unspecified atom stereocenters. The highest BCUT2D eigenvalue weighted by atomic mass is 127. The second kappa shape index (κ2) is 7.11. The number of hydrogen-bond donors (Lipinski definition) is 0. The summed E-state index contributed by atoms with van der Waals surface area (Å²) in [4.78, 5) is 13.8. The van der Waals surface area contributed by atoms with Crippen molar-refractivity contribution in [2.75, 3.05) is 24.1 Å². The molecule has 1 rings (SSSR count). The lowest BCUT2D eigenvalue weighted by Gasteiger charge is -2.40. The second-order valence-corrected chi connectivity index (χ2v) is 6.90. The van der Waals surface area contributed by atoms with Crippen LogP contribution in [0.15, 0.2) is 0 Å². The molecule has 0 spiro atoms. The van der Waals surface area contributed by atoms with Crippen molar-refractivity contribution in [2.24, 2.45) is 0 Å². The molecule has 0 aliphatic carbocycles. The van der Waals surface area contributed by atoms with Gasteiger partial charge in [0.2, 0.25) is 0 Å². The van der Waals surface area contributed by atoms with E-state index in [-0.39, 0.29) is 11.7 Å². The number of rotatable bonds is 4. The Morgan fingerprint density at radius 2 is 1.89 bits per heavy atom. The van der Waals surface area contributed by atoms with Gasteiger partial charge in [0, 0.05) is 24.1 Å². The third-order valence-corrected chi connectivity index (χ3v) is 4.57. The molecule has 0 radical (unpaired) electrons. The van der Waals surface area contributed by atoms with Crippen LogP contribution in [0, 0.1) is 0 Å². The SMILES string of the molecule is CCCOC1(CI)CCN(C(=O)OC(C)(C)C)CC1. The van der Waals surface area contributed by atoms with Gasteiger partial charge >= 0.3 is 6.09 Å². The molecule has 0 N–H and O–H groups in total. The molecular formula is C14H26INO3. The first-order valence-corrected chi connectivity index (χ1v) is 8.52. The maximum atomic E-state index is 12.0. The Kier molecular flexibility index (Phi) is 6.36. The first-order chi connectivity index (χ1) is 8.82. The quantitative estimate of drug-likeness (QED) is 0.550. The van der Waals surface area contributed by atoms with Crippen molar-refractivity contribution in [3.63, 3.8) is 0 Å². The number of halogens is 1. The summed E-state index contributed by atoms with van der Waals surface area (Å²) < 4.78 is 12.4. The van der Waals surface area contributed by atoms with Crippen LogP contribution in [-0.2, 0) is 9.47 Å². The average molecular weight is 383 g/mol. The van der Waals surface area contributed by atoms with Gasteiger partial charge in [0.1, 0.15) is 5.60 Å². The Labute approximate surface area is 130 Å². The van der Waals surface area contributed by atoms with Crippen molar-refractivity contribution in [1.29, 1.82) is 0 Å². The minimum absolute atomic E-state index is 0.0465. The highest BCUT2D eigenvalue weighted by molar-refractivity contribution is 14.1. The monoisotopic (exact) mass is 383 g/mol. The normalized spacial score (nSPS) is 19.3. The van der Waals surface area contributed by atoms with E-state index in [0.717, 1.165) is 43.4 Å². The van der Waals surface area contributed by atoms with Crippen molar-refractivity contribution in [3.8, 4) is 0 Å². The Morgan fingerprint density at radius 1 is 1.32 bits per heavy atom. The van der Waals surface area contributed by atoms with Crippen molar-refractivity contribution < 1.29 is 14.3 Å². The number of hydrogen-bond acceptors (Lipinski definition) is 3. The molecule has 1 fully saturated rings. The van der Waals surface area contributed by atoms with Crippen LogP contribution in [0.3, 0.4) is 0 Å². The van der Waals surface area contributed by atoms with E-state index in [1.165, 1.54) is 0 Å². The van der Waals surface area contributed by atoms with Gasteiger partial charge in [-0.2, -0.15) is 0 Å². The van der Waals surface area contributed by atoms with E-state index in [2.05, 4.69) is 29.5 Å². The summed E-state index contributed by atoms with van der Waals surface area (Å²) in [5.74, 6) is 0. The minimum Gasteiger partial charge on any atom is -0.444 e. The molecule has 1 heterocycles. The molecule has 1 amide bonds. The second-order valence-electron chi connectivity index (χ2n) is 6.13. The molecule has 5 heteroatoms. The molecule has 0 bridgehead atoms. The van der Waals surface area contributed by atoms with Gasteiger partial charge in [-0.25, -0.2) is 4.79 Å². The summed E-state index contributed by atoms with van der Waals surface area (Å²) in [7, 11) is 0. The lowest BCUT2D eigenvalue weighted by atomic mass is 9.93. The molecule has 1 aliphatic rings. The van der Waals surface area contributed by atoms with Crippen LogP contribution in [-0.4, -0.2) is 46.3 Å². The topological polar surface area (TPSA) is 38.8 Å². The summed E-state index contributed by atoms with van der Waals surface area (Å²) in [6.07, 6.45) is 2.63. The fraction of sp³-hybridized carbons (Fsp3) is 0.929. The predicted octanol–water partition coefficient (Wildman–Crippen LogP) is 3.62. The summed E-state index contributed by atoms with van der Waals surface area (Å²) in [6.45, 7) is 10.1. The fourth-order valence-electron chi connectivity index (χ4n) is 2.06. The van der Waals surface area contributed by atoms with Crippen LogP contribution < -0.4 is 0 Å². The molecular weight excluding hydrogens is 357 g/mol. The van der Waals surface area contributed by atoms with Crippen LogP contribution in [0.25, 0.3) is 0 Å². The average Bonchev–Trinajstić information content (AvgIpc) is 2.35. The van der Waals surface area contributed by atoms with E-state index >= 15 is 0 Å². The van der Waals surface area contributed by atoms with E-state index in [4.69, 9.17) is 9.47 Å². The number of carbonyl (C=O) groups excluding carboxylic acids is 1. The van der Waals surface area contributed by atoms with Crippen molar-refractivity contribution in [2.45, 2.75) is 58.2 Å². The van der Waals surface area contributed by atoms with Crippen molar-refractivity contribution >= 4 is 28.7 Å². The molecule has 0 saturated carbocycles. The van der Waals surface area contributed by atoms with Crippen molar-refractivity contribution in [1.82, 2.24) is 4.90 Å².